The van der Waals surface area contributed by atoms with Crippen LogP contribution in [0.4, 0.5) is 0 Å². The maximum absolute atomic E-state index is 13.0. The molecule has 1 saturated heterocycles. The highest BCUT2D eigenvalue weighted by atomic mass is 32.1. The largest absolute Gasteiger partial charge is 0.466 e. The van der Waals surface area contributed by atoms with Gasteiger partial charge in [0.2, 0.25) is 0 Å². The fourth-order valence-electron chi connectivity index (χ4n) is 3.64. The van der Waals surface area contributed by atoms with E-state index in [0.717, 1.165) is 24.1 Å². The Balaban J connectivity index is 1.83. The zero-order valence-electron chi connectivity index (χ0n) is 16.4. The number of ether oxygens (including phenoxy) is 1. The van der Waals surface area contributed by atoms with Gasteiger partial charge in [0.15, 0.2) is 5.69 Å². The van der Waals surface area contributed by atoms with Crippen LogP contribution in [0, 0.1) is 19.8 Å². The molecular weight excluding hydrogens is 362 g/mol. The number of aromatic nitrogens is 2. The molecule has 6 nitrogen and oxygen atoms in total. The number of piperidine rings is 1. The van der Waals surface area contributed by atoms with E-state index >= 15 is 0 Å². The molecule has 1 aliphatic rings. The Kier molecular flexibility index (Phi) is 5.99. The topological polar surface area (TPSA) is 64.4 Å². The zero-order chi connectivity index (χ0) is 19.6. The second-order valence-electron chi connectivity index (χ2n) is 6.90. The number of hydrogen-bond donors (Lipinski definition) is 0. The summed E-state index contributed by atoms with van der Waals surface area (Å²) >= 11 is 1.75. The summed E-state index contributed by atoms with van der Waals surface area (Å²) < 4.78 is 7.02. The molecule has 1 unspecified atom stereocenters. The highest BCUT2D eigenvalue weighted by Gasteiger charge is 2.31. The van der Waals surface area contributed by atoms with Crippen molar-refractivity contribution in [2.24, 2.45) is 5.92 Å². The summed E-state index contributed by atoms with van der Waals surface area (Å²) in [5.41, 5.74) is 2.55. The highest BCUT2D eigenvalue weighted by Crippen LogP contribution is 2.31. The van der Waals surface area contributed by atoms with Crippen LogP contribution in [-0.4, -0.2) is 46.3 Å². The first kappa shape index (κ1) is 19.6. The van der Waals surface area contributed by atoms with Gasteiger partial charge in [-0.3, -0.25) is 14.3 Å². The van der Waals surface area contributed by atoms with Gasteiger partial charge in [0.1, 0.15) is 0 Å². The number of carbonyl (C=O) groups is 2. The van der Waals surface area contributed by atoms with Gasteiger partial charge in [-0.25, -0.2) is 0 Å². The minimum absolute atomic E-state index is 0.109. The minimum Gasteiger partial charge on any atom is -0.466 e. The number of aryl methyl sites for hydroxylation is 3. The molecule has 0 bridgehead atoms. The van der Waals surface area contributed by atoms with Crippen molar-refractivity contribution in [3.63, 3.8) is 0 Å². The molecular formula is C20H27N3O3S. The first-order valence-corrected chi connectivity index (χ1v) is 10.4. The van der Waals surface area contributed by atoms with Crippen molar-refractivity contribution in [2.75, 3.05) is 19.7 Å². The lowest BCUT2D eigenvalue weighted by Gasteiger charge is -2.31. The first-order chi connectivity index (χ1) is 12.9. The predicted molar refractivity (Wildman–Crippen MR) is 106 cm³/mol. The molecule has 7 heteroatoms. The van der Waals surface area contributed by atoms with Crippen molar-refractivity contribution < 1.29 is 14.3 Å². The van der Waals surface area contributed by atoms with Crippen molar-refractivity contribution in [3.8, 4) is 11.3 Å². The molecule has 0 spiro atoms. The van der Waals surface area contributed by atoms with Gasteiger partial charge in [-0.05, 0) is 52.7 Å². The Morgan fingerprint density at radius 1 is 1.30 bits per heavy atom. The number of thiophene rings is 1. The minimum atomic E-state index is -0.239. The van der Waals surface area contributed by atoms with Gasteiger partial charge in [0.25, 0.3) is 5.91 Å². The molecule has 0 radical (unpaired) electrons. The summed E-state index contributed by atoms with van der Waals surface area (Å²) in [6.45, 7) is 10.1. The summed E-state index contributed by atoms with van der Waals surface area (Å²) in [5.74, 6) is -0.557. The van der Waals surface area contributed by atoms with E-state index in [0.29, 0.717) is 31.9 Å². The standard InChI is InChI=1S/C20H27N3O3S/c1-5-23-18(16-10-13(3)27-14(16)4)11-17(21-23)19(24)22-9-7-8-15(12-22)20(25)26-6-2/h10-11,15H,5-9,12H2,1-4H3. The number of hydrogen-bond acceptors (Lipinski definition) is 5. The molecule has 0 saturated carbocycles. The molecule has 1 fully saturated rings. The Morgan fingerprint density at radius 2 is 2.07 bits per heavy atom. The van der Waals surface area contributed by atoms with Crippen molar-refractivity contribution in [1.29, 1.82) is 0 Å². The molecule has 146 valence electrons. The van der Waals surface area contributed by atoms with Crippen molar-refractivity contribution in [2.45, 2.75) is 47.1 Å². The van der Waals surface area contributed by atoms with Crippen LogP contribution < -0.4 is 0 Å². The van der Waals surface area contributed by atoms with Crippen LogP contribution in [0.5, 0.6) is 0 Å². The molecule has 3 rings (SSSR count). The Morgan fingerprint density at radius 3 is 2.70 bits per heavy atom. The van der Waals surface area contributed by atoms with Gasteiger partial charge in [0, 0.05) is 35.0 Å². The van der Waals surface area contributed by atoms with Gasteiger partial charge in [-0.15, -0.1) is 11.3 Å². The van der Waals surface area contributed by atoms with Gasteiger partial charge >= 0.3 is 5.97 Å². The molecule has 1 aliphatic heterocycles. The maximum atomic E-state index is 13.0. The highest BCUT2D eigenvalue weighted by molar-refractivity contribution is 7.12. The van der Waals surface area contributed by atoms with E-state index in [1.54, 1.807) is 23.2 Å². The number of amides is 1. The third-order valence-corrected chi connectivity index (χ3v) is 5.91. The fourth-order valence-corrected chi connectivity index (χ4v) is 4.57. The van der Waals surface area contributed by atoms with Crippen LogP contribution in [0.25, 0.3) is 11.3 Å². The van der Waals surface area contributed by atoms with E-state index in [1.807, 2.05) is 17.7 Å². The summed E-state index contributed by atoms with van der Waals surface area (Å²) in [5, 5.41) is 4.55. The van der Waals surface area contributed by atoms with Gasteiger partial charge in [-0.2, -0.15) is 5.10 Å². The Hall–Kier alpha value is -2.15. The van der Waals surface area contributed by atoms with E-state index in [-0.39, 0.29) is 17.8 Å². The van der Waals surface area contributed by atoms with Crippen LogP contribution in [0.15, 0.2) is 12.1 Å². The number of rotatable bonds is 5. The van der Waals surface area contributed by atoms with Gasteiger partial charge < -0.3 is 9.64 Å². The van der Waals surface area contributed by atoms with Crippen LogP contribution in [0.2, 0.25) is 0 Å². The maximum Gasteiger partial charge on any atom is 0.310 e. The zero-order valence-corrected chi connectivity index (χ0v) is 17.3. The lowest BCUT2D eigenvalue weighted by Crippen LogP contribution is -2.43. The monoisotopic (exact) mass is 389 g/mol. The second-order valence-corrected chi connectivity index (χ2v) is 8.36. The third kappa shape index (κ3) is 4.08. The summed E-state index contributed by atoms with van der Waals surface area (Å²) in [4.78, 5) is 29.3. The molecule has 0 N–H and O–H groups in total. The fraction of sp³-hybridized carbons (Fsp3) is 0.550. The van der Waals surface area contributed by atoms with Crippen LogP contribution in [-0.2, 0) is 16.1 Å². The van der Waals surface area contributed by atoms with Gasteiger partial charge in [-0.1, -0.05) is 0 Å². The first-order valence-electron chi connectivity index (χ1n) is 9.55. The van der Waals surface area contributed by atoms with E-state index in [1.165, 1.54) is 9.75 Å². The Bertz CT molecular complexity index is 840. The summed E-state index contributed by atoms with van der Waals surface area (Å²) in [6.07, 6.45) is 1.57. The van der Waals surface area contributed by atoms with E-state index in [2.05, 4.69) is 25.0 Å². The van der Waals surface area contributed by atoms with Gasteiger partial charge in [0.05, 0.1) is 18.2 Å². The molecule has 27 heavy (non-hydrogen) atoms. The molecule has 3 heterocycles. The van der Waals surface area contributed by atoms with Crippen molar-refractivity contribution in [1.82, 2.24) is 14.7 Å². The third-order valence-electron chi connectivity index (χ3n) is 4.94. The smallest absolute Gasteiger partial charge is 0.310 e. The quantitative estimate of drug-likeness (QED) is 0.732. The van der Waals surface area contributed by atoms with Crippen LogP contribution in [0.3, 0.4) is 0 Å². The molecule has 0 aliphatic carbocycles. The molecule has 2 aromatic heterocycles. The Labute approximate surface area is 164 Å². The van der Waals surface area contributed by atoms with Crippen LogP contribution >= 0.6 is 11.3 Å². The normalized spacial score (nSPS) is 17.2. The summed E-state index contributed by atoms with van der Waals surface area (Å²) in [7, 11) is 0. The average Bonchev–Trinajstić information content (AvgIpc) is 3.23. The van der Waals surface area contributed by atoms with Crippen molar-refractivity contribution in [3.05, 3.63) is 27.6 Å². The SMILES string of the molecule is CCOC(=O)C1CCCN(C(=O)c2cc(-c3cc(C)sc3C)n(CC)n2)C1. The molecule has 1 atom stereocenters. The molecule has 1 amide bonds. The van der Waals surface area contributed by atoms with E-state index in [4.69, 9.17) is 4.74 Å². The van der Waals surface area contributed by atoms with E-state index in [9.17, 15) is 9.59 Å². The number of carbonyl (C=O) groups excluding carboxylic acids is 2. The number of likely N-dealkylation sites (tertiary alicyclic amines) is 1. The predicted octanol–water partition coefficient (Wildman–Crippen LogP) is 3.66. The average molecular weight is 390 g/mol. The van der Waals surface area contributed by atoms with E-state index < -0.39 is 0 Å². The van der Waals surface area contributed by atoms with Crippen molar-refractivity contribution >= 4 is 23.2 Å². The number of esters is 1. The molecule has 2 aromatic rings. The lowest BCUT2D eigenvalue weighted by molar-refractivity contribution is -0.149. The summed E-state index contributed by atoms with van der Waals surface area (Å²) in [6, 6.07) is 4.03. The second kappa shape index (κ2) is 8.25. The lowest BCUT2D eigenvalue weighted by atomic mass is 9.98. The van der Waals surface area contributed by atoms with Crippen LogP contribution in [0.1, 0.15) is 46.9 Å². The molecule has 0 aromatic carbocycles. The number of nitrogens with zero attached hydrogens (tertiary/aromatic N) is 3.